The SMILES string of the molecule is CC[C@H]1[C@@H](OC=O)[C@@H]2[C@H](CC[C@]3(C)[C@@H]([C@H](C)CCC(=O)CC(=O)OC)CC[C@@H]23)[C@@]2(C)CC[C@@H](OC=O)C[C@@H]12. The third-order valence-corrected chi connectivity index (χ3v) is 12.0. The summed E-state index contributed by atoms with van der Waals surface area (Å²) in [7, 11) is 1.32. The average Bonchev–Trinajstić information content (AvgIpc) is 3.25. The lowest BCUT2D eigenvalue weighted by Crippen LogP contribution is -2.62. The highest BCUT2D eigenvalue weighted by molar-refractivity contribution is 5.95. The summed E-state index contributed by atoms with van der Waals surface area (Å²) >= 11 is 0. The summed E-state index contributed by atoms with van der Waals surface area (Å²) in [6.07, 6.45) is 9.24. The highest BCUT2D eigenvalue weighted by atomic mass is 16.5. The summed E-state index contributed by atoms with van der Waals surface area (Å²) < 4.78 is 16.2. The van der Waals surface area contributed by atoms with Gasteiger partial charge in [-0.1, -0.05) is 27.7 Å². The van der Waals surface area contributed by atoms with Crippen molar-refractivity contribution in [2.45, 2.75) is 111 Å². The van der Waals surface area contributed by atoms with Gasteiger partial charge in [0.15, 0.2) is 0 Å². The van der Waals surface area contributed by atoms with Gasteiger partial charge in [-0.05, 0) is 104 Å². The zero-order valence-corrected chi connectivity index (χ0v) is 24.0. The van der Waals surface area contributed by atoms with Gasteiger partial charge in [-0.15, -0.1) is 0 Å². The minimum Gasteiger partial charge on any atom is -0.469 e. The summed E-state index contributed by atoms with van der Waals surface area (Å²) in [6.45, 7) is 10.7. The van der Waals surface area contributed by atoms with E-state index in [0.717, 1.165) is 57.8 Å². The van der Waals surface area contributed by atoms with Gasteiger partial charge in [0.1, 0.15) is 24.4 Å². The van der Waals surface area contributed by atoms with E-state index in [1.165, 1.54) is 7.11 Å². The zero-order chi connectivity index (χ0) is 27.7. The number of hydrogen-bond acceptors (Lipinski definition) is 7. The number of carbonyl (C=O) groups excluding carboxylic acids is 4. The van der Waals surface area contributed by atoms with Crippen molar-refractivity contribution in [2.24, 2.45) is 52.3 Å². The van der Waals surface area contributed by atoms with E-state index in [2.05, 4.69) is 32.4 Å². The first-order valence-electron chi connectivity index (χ1n) is 14.9. The van der Waals surface area contributed by atoms with E-state index < -0.39 is 5.97 Å². The van der Waals surface area contributed by atoms with Gasteiger partial charge in [0.25, 0.3) is 12.9 Å². The lowest BCUT2D eigenvalue weighted by molar-refractivity contribution is -0.213. The minimum atomic E-state index is -0.462. The Labute approximate surface area is 228 Å². The van der Waals surface area contributed by atoms with Gasteiger partial charge in [-0.25, -0.2) is 0 Å². The van der Waals surface area contributed by atoms with E-state index in [9.17, 15) is 19.2 Å². The van der Waals surface area contributed by atoms with E-state index in [1.54, 1.807) is 0 Å². The highest BCUT2D eigenvalue weighted by Crippen LogP contribution is 2.70. The molecule has 0 aromatic heterocycles. The molecule has 0 aromatic rings. The molecule has 0 N–H and O–H groups in total. The molecule has 4 aliphatic rings. The van der Waals surface area contributed by atoms with Gasteiger partial charge in [0, 0.05) is 12.3 Å². The maximum atomic E-state index is 12.3. The van der Waals surface area contributed by atoms with Crippen molar-refractivity contribution in [3.05, 3.63) is 0 Å². The number of methoxy groups -OCH3 is 1. The molecule has 7 heteroatoms. The Hall–Kier alpha value is -1.92. The first-order chi connectivity index (χ1) is 18.1. The van der Waals surface area contributed by atoms with Crippen molar-refractivity contribution in [1.82, 2.24) is 0 Å². The monoisotopic (exact) mass is 532 g/mol. The van der Waals surface area contributed by atoms with Gasteiger partial charge in [-0.2, -0.15) is 0 Å². The lowest BCUT2D eigenvalue weighted by atomic mass is 9.41. The predicted molar refractivity (Wildman–Crippen MR) is 142 cm³/mol. The van der Waals surface area contributed by atoms with Crippen molar-refractivity contribution in [1.29, 1.82) is 0 Å². The molecule has 214 valence electrons. The topological polar surface area (TPSA) is 96.0 Å². The first kappa shape index (κ1) is 29.1. The maximum absolute atomic E-state index is 12.3. The lowest BCUT2D eigenvalue weighted by Gasteiger charge is -2.65. The minimum absolute atomic E-state index is 0.0412. The van der Waals surface area contributed by atoms with Gasteiger partial charge in [0.05, 0.1) is 7.11 Å². The fraction of sp³-hybridized carbons (Fsp3) is 0.871. The standard InChI is InChI=1S/C31H48O7/c1-6-22-26-16-21(37-17-32)11-13-31(26,4)25-12-14-30(3)23(9-10-24(30)28(25)29(22)38-18-33)19(2)7-8-20(34)15-27(35)36-5/h17-19,21-26,28-29H,6-16H2,1-5H3/t19-,21-,22-,23-,24+,25+,26+,28+,29-,30-,31-/m1/s1. The number of carbonyl (C=O) groups is 4. The molecule has 0 amide bonds. The summed E-state index contributed by atoms with van der Waals surface area (Å²) in [5, 5.41) is 0. The van der Waals surface area contributed by atoms with Crippen LogP contribution in [0, 0.1) is 52.3 Å². The molecule has 4 fully saturated rings. The number of Topliss-reactive ketones (excluding diaryl/α,β-unsaturated/α-hetero) is 1. The van der Waals surface area contributed by atoms with Crippen LogP contribution in [0.5, 0.6) is 0 Å². The molecule has 0 spiro atoms. The molecular formula is C31H48O7. The predicted octanol–water partition coefficient (Wildman–Crippen LogP) is 5.52. The molecule has 0 heterocycles. The normalized spacial score (nSPS) is 42.6. The average molecular weight is 533 g/mol. The third kappa shape index (κ3) is 5.03. The molecule has 4 aliphatic carbocycles. The quantitative estimate of drug-likeness (QED) is 0.150. The number of esters is 1. The van der Waals surface area contributed by atoms with Crippen LogP contribution in [0.25, 0.3) is 0 Å². The largest absolute Gasteiger partial charge is 0.469 e. The molecule has 4 rings (SSSR count). The second-order valence-electron chi connectivity index (χ2n) is 13.3. The number of hydrogen-bond donors (Lipinski definition) is 0. The number of ketones is 1. The summed E-state index contributed by atoms with van der Waals surface area (Å²) in [6, 6.07) is 0. The smallest absolute Gasteiger partial charge is 0.313 e. The Kier molecular flexibility index (Phi) is 8.93. The van der Waals surface area contributed by atoms with Crippen LogP contribution >= 0.6 is 0 Å². The molecule has 38 heavy (non-hydrogen) atoms. The Morgan fingerprint density at radius 3 is 2.29 bits per heavy atom. The Morgan fingerprint density at radius 2 is 1.63 bits per heavy atom. The summed E-state index contributed by atoms with van der Waals surface area (Å²) in [5.74, 6) is 2.35. The third-order valence-electron chi connectivity index (χ3n) is 12.0. The number of rotatable bonds is 11. The molecule has 0 saturated heterocycles. The summed E-state index contributed by atoms with van der Waals surface area (Å²) in [4.78, 5) is 46.8. The van der Waals surface area contributed by atoms with Crippen molar-refractivity contribution in [3.8, 4) is 0 Å². The van der Waals surface area contributed by atoms with Gasteiger partial charge in [-0.3, -0.25) is 19.2 Å². The molecule has 11 atom stereocenters. The van der Waals surface area contributed by atoms with E-state index in [0.29, 0.717) is 54.9 Å². The first-order valence-corrected chi connectivity index (χ1v) is 14.9. The van der Waals surface area contributed by atoms with E-state index in [4.69, 9.17) is 9.47 Å². The van der Waals surface area contributed by atoms with Gasteiger partial charge >= 0.3 is 5.97 Å². The molecule has 0 bridgehead atoms. The molecule has 0 radical (unpaired) electrons. The molecule has 4 saturated carbocycles. The van der Waals surface area contributed by atoms with Crippen LogP contribution in [-0.2, 0) is 33.4 Å². The van der Waals surface area contributed by atoms with E-state index in [1.807, 2.05) is 0 Å². The number of fused-ring (bicyclic) bond motifs is 5. The van der Waals surface area contributed by atoms with Crippen molar-refractivity contribution < 1.29 is 33.4 Å². The van der Waals surface area contributed by atoms with Crippen LogP contribution < -0.4 is 0 Å². The van der Waals surface area contributed by atoms with Crippen LogP contribution in [0.1, 0.15) is 98.3 Å². The van der Waals surface area contributed by atoms with Crippen LogP contribution in [-0.4, -0.2) is 44.0 Å². The van der Waals surface area contributed by atoms with Crippen LogP contribution in [0.4, 0.5) is 0 Å². The molecule has 7 nitrogen and oxygen atoms in total. The Bertz CT molecular complexity index is 887. The van der Waals surface area contributed by atoms with Crippen molar-refractivity contribution in [3.63, 3.8) is 0 Å². The van der Waals surface area contributed by atoms with Crippen LogP contribution in [0.15, 0.2) is 0 Å². The second-order valence-corrected chi connectivity index (χ2v) is 13.3. The van der Waals surface area contributed by atoms with E-state index >= 15 is 0 Å². The van der Waals surface area contributed by atoms with E-state index in [-0.39, 0.29) is 41.2 Å². The van der Waals surface area contributed by atoms with Crippen LogP contribution in [0.3, 0.4) is 0 Å². The molecule has 0 aliphatic heterocycles. The fourth-order valence-electron chi connectivity index (χ4n) is 10.3. The number of ether oxygens (including phenoxy) is 3. The zero-order valence-electron chi connectivity index (χ0n) is 24.0. The van der Waals surface area contributed by atoms with Crippen LogP contribution in [0.2, 0.25) is 0 Å². The van der Waals surface area contributed by atoms with Crippen molar-refractivity contribution >= 4 is 24.7 Å². The maximum Gasteiger partial charge on any atom is 0.313 e. The molecule has 0 aromatic carbocycles. The van der Waals surface area contributed by atoms with Gasteiger partial charge < -0.3 is 14.2 Å². The second kappa shape index (κ2) is 11.7. The molecule has 0 unspecified atom stereocenters. The summed E-state index contributed by atoms with van der Waals surface area (Å²) in [5.41, 5.74) is 0.304. The Morgan fingerprint density at radius 1 is 0.947 bits per heavy atom. The fourth-order valence-corrected chi connectivity index (χ4v) is 10.3. The van der Waals surface area contributed by atoms with Crippen molar-refractivity contribution in [2.75, 3.05) is 7.11 Å². The molecular weight excluding hydrogens is 484 g/mol. The van der Waals surface area contributed by atoms with Gasteiger partial charge in [0.2, 0.25) is 0 Å². The Balaban J connectivity index is 1.56. The highest BCUT2D eigenvalue weighted by Gasteiger charge is 2.66.